The lowest BCUT2D eigenvalue weighted by Crippen LogP contribution is -2.81. The Morgan fingerprint density at radius 2 is 0.629 bits per heavy atom. The lowest BCUT2D eigenvalue weighted by molar-refractivity contribution is -0.688. The normalized spacial score (nSPS) is 11.5. The lowest BCUT2D eigenvalue weighted by Gasteiger charge is -2.44. The monoisotopic (exact) mass is 907 g/mol. The van der Waals surface area contributed by atoms with E-state index in [9.17, 15) is 57.5 Å². The number of aliphatic hydroxyl groups excluding tert-OH is 1. The van der Waals surface area contributed by atoms with Gasteiger partial charge in [-0.2, -0.15) is 0 Å². The number of Topliss-reactive ketones (excluding diaryl/α,β-unsaturated/α-hetero) is 1. The summed E-state index contributed by atoms with van der Waals surface area (Å²) in [6, 6.07) is 13.5. The molecule has 0 radical (unpaired) electrons. The molecule has 6 rings (SSSR count). The fourth-order valence-corrected chi connectivity index (χ4v) is 6.51. The molecule has 0 aliphatic rings. The Balaban J connectivity index is 0.000000355. The molecule has 62 heavy (non-hydrogen) atoms. The van der Waals surface area contributed by atoms with Crippen LogP contribution >= 0.6 is 0 Å². The van der Waals surface area contributed by atoms with Crippen LogP contribution < -0.4 is 26.4 Å². The third-order valence-electron chi connectivity index (χ3n) is 9.27. The number of pyridine rings is 1. The van der Waals surface area contributed by atoms with E-state index in [-0.39, 0.29) is 5.78 Å². The summed E-state index contributed by atoms with van der Waals surface area (Å²) >= 11 is 0. The standard InChI is InChI=1S/C24BF20.C14H14NO2/c26-5-1(6(27)14(35)21(42)13(5)34)25(2-7(28)15(36)22(43)16(37)8(2)29,3-9(30)17(38)23(44)18(39)10(3)31)4-11(32)19(40)24(45)20(41)12(4)33;16-11-14(17)13-6-8-15(9-7-13)10-12-4-2-1-3-5-12/h;1-9,16H,10-11H2/q-1;+1. The second kappa shape index (κ2) is 17.5. The fourth-order valence-electron chi connectivity index (χ4n) is 6.51. The molecule has 0 aliphatic heterocycles. The SMILES string of the molecule is Fc1c(F)c(F)c([B-](c2c(F)c(F)c(F)c(F)c2F)(c2c(F)c(F)c(F)c(F)c2F)c2c(F)c(F)c(F)c(F)c2F)c(F)c1F.O=C(CO)c1cc[n+](Cc2ccccc2)cc1. The maximum atomic E-state index is 15.4. The van der Waals surface area contributed by atoms with Crippen molar-refractivity contribution < 1.29 is 102 Å². The van der Waals surface area contributed by atoms with E-state index in [1.807, 2.05) is 35.2 Å². The minimum Gasteiger partial charge on any atom is -0.388 e. The molecule has 0 fully saturated rings. The Hall–Kier alpha value is -6.46. The van der Waals surface area contributed by atoms with Crippen molar-refractivity contribution in [3.8, 4) is 0 Å². The quantitative estimate of drug-likeness (QED) is 0.0445. The number of benzene rings is 5. The first-order chi connectivity index (χ1) is 29.0. The van der Waals surface area contributed by atoms with Gasteiger partial charge < -0.3 is 5.11 Å². The van der Waals surface area contributed by atoms with Gasteiger partial charge in [0, 0.05) is 23.3 Å². The van der Waals surface area contributed by atoms with Gasteiger partial charge in [-0.05, 0) is 0 Å². The van der Waals surface area contributed by atoms with Crippen LogP contribution in [0.5, 0.6) is 0 Å². The van der Waals surface area contributed by atoms with Crippen molar-refractivity contribution in [1.82, 2.24) is 0 Å². The van der Waals surface area contributed by atoms with Gasteiger partial charge in [0.05, 0.1) is 0 Å². The molecule has 0 unspecified atom stereocenters. The van der Waals surface area contributed by atoms with Gasteiger partial charge in [-0.15, -0.1) is 21.9 Å². The zero-order chi connectivity index (χ0) is 46.4. The van der Waals surface area contributed by atoms with Crippen LogP contribution in [-0.4, -0.2) is 23.6 Å². The largest absolute Gasteiger partial charge is 0.388 e. The molecule has 0 atom stereocenters. The predicted molar refractivity (Wildman–Crippen MR) is 173 cm³/mol. The molecule has 5 aromatic carbocycles. The van der Waals surface area contributed by atoms with Crippen LogP contribution in [-0.2, 0) is 6.54 Å². The van der Waals surface area contributed by atoms with Crippen LogP contribution in [0.15, 0.2) is 54.9 Å². The molecule has 0 saturated carbocycles. The highest BCUT2D eigenvalue weighted by molar-refractivity contribution is 7.20. The van der Waals surface area contributed by atoms with Crippen LogP contribution in [0.4, 0.5) is 87.8 Å². The number of rotatable bonds is 8. The smallest absolute Gasteiger partial charge is 0.200 e. The minimum atomic E-state index is -7.22. The molecule has 6 aromatic rings. The molecule has 1 N–H and O–H groups in total. The zero-order valence-electron chi connectivity index (χ0n) is 29.5. The number of hydrogen-bond donors (Lipinski definition) is 1. The number of halogens is 20. The first-order valence-corrected chi connectivity index (χ1v) is 16.4. The van der Waals surface area contributed by atoms with Gasteiger partial charge in [-0.25, -0.2) is 92.4 Å². The van der Waals surface area contributed by atoms with Crippen LogP contribution in [0, 0.1) is 116 Å². The number of aliphatic hydroxyl groups is 1. The maximum Gasteiger partial charge on any atom is 0.200 e. The van der Waals surface area contributed by atoms with Crippen molar-refractivity contribution in [3.05, 3.63) is 182 Å². The highest BCUT2D eigenvalue weighted by Gasteiger charge is 2.52. The summed E-state index contributed by atoms with van der Waals surface area (Å²) in [7, 11) is 0. The first-order valence-electron chi connectivity index (χ1n) is 16.4. The van der Waals surface area contributed by atoms with E-state index in [0.29, 0.717) is 5.56 Å². The van der Waals surface area contributed by atoms with Gasteiger partial charge in [0.1, 0.15) is 59.3 Å². The van der Waals surface area contributed by atoms with E-state index in [1.54, 1.807) is 12.1 Å². The summed E-state index contributed by atoms with van der Waals surface area (Å²) in [4.78, 5) is 11.2. The summed E-state index contributed by atoms with van der Waals surface area (Å²) in [5.74, 6) is -71.7. The topological polar surface area (TPSA) is 41.2 Å². The first kappa shape index (κ1) is 46.6. The minimum absolute atomic E-state index is 0.253. The Morgan fingerprint density at radius 3 is 0.871 bits per heavy atom. The number of ketones is 1. The van der Waals surface area contributed by atoms with Crippen molar-refractivity contribution in [2.75, 3.05) is 6.61 Å². The third kappa shape index (κ3) is 7.38. The van der Waals surface area contributed by atoms with E-state index in [4.69, 9.17) is 5.11 Å². The second-order valence-electron chi connectivity index (χ2n) is 12.6. The van der Waals surface area contributed by atoms with Crippen LogP contribution in [0.3, 0.4) is 0 Å². The lowest BCUT2D eigenvalue weighted by atomic mass is 9.12. The summed E-state index contributed by atoms with van der Waals surface area (Å²) in [5.41, 5.74) is -12.6. The van der Waals surface area contributed by atoms with Crippen molar-refractivity contribution in [2.45, 2.75) is 6.54 Å². The van der Waals surface area contributed by atoms with Crippen LogP contribution in [0.25, 0.3) is 0 Å². The van der Waals surface area contributed by atoms with Crippen molar-refractivity contribution in [1.29, 1.82) is 0 Å². The van der Waals surface area contributed by atoms with Crippen molar-refractivity contribution >= 4 is 33.8 Å². The number of carbonyl (C=O) groups is 1. The van der Waals surface area contributed by atoms with Gasteiger partial charge in [0.15, 0.2) is 94.5 Å². The summed E-state index contributed by atoms with van der Waals surface area (Å²) < 4.78 is 296. The molecule has 0 amide bonds. The van der Waals surface area contributed by atoms with E-state index in [2.05, 4.69) is 12.1 Å². The van der Waals surface area contributed by atoms with E-state index < -0.39 is 151 Å². The van der Waals surface area contributed by atoms with Gasteiger partial charge in [0.2, 0.25) is 0 Å². The Morgan fingerprint density at radius 1 is 0.387 bits per heavy atom. The van der Waals surface area contributed by atoms with E-state index >= 15 is 35.1 Å². The molecular formula is C38H14BF20NO2. The maximum absolute atomic E-state index is 15.4. The zero-order valence-corrected chi connectivity index (χ0v) is 29.5. The molecule has 24 heteroatoms. The van der Waals surface area contributed by atoms with Gasteiger partial charge >= 0.3 is 0 Å². The summed E-state index contributed by atoms with van der Waals surface area (Å²) in [5, 5.41) is 8.74. The number of hydrogen-bond acceptors (Lipinski definition) is 2. The van der Waals surface area contributed by atoms with Crippen LogP contribution in [0.1, 0.15) is 15.9 Å². The highest BCUT2D eigenvalue weighted by Crippen LogP contribution is 2.30. The molecule has 1 aromatic heterocycles. The average Bonchev–Trinajstić information content (AvgIpc) is 3.26. The molecule has 0 bridgehead atoms. The highest BCUT2D eigenvalue weighted by atomic mass is 19.2. The summed E-state index contributed by atoms with van der Waals surface area (Å²) in [6.45, 7) is 0.330. The van der Waals surface area contributed by atoms with Gasteiger partial charge in [0.25, 0.3) is 0 Å². The molecule has 326 valence electrons. The summed E-state index contributed by atoms with van der Waals surface area (Å²) in [6.07, 6.45) is -3.53. The van der Waals surface area contributed by atoms with Crippen molar-refractivity contribution in [2.24, 2.45) is 0 Å². The third-order valence-corrected chi connectivity index (χ3v) is 9.27. The van der Waals surface area contributed by atoms with Gasteiger partial charge in [-0.1, -0.05) is 30.3 Å². The predicted octanol–water partition coefficient (Wildman–Crippen LogP) is 7.04. The second-order valence-corrected chi connectivity index (χ2v) is 12.6. The fraction of sp³-hybridized carbons (Fsp3) is 0.0526. The molecule has 0 aliphatic carbocycles. The Bertz CT molecular complexity index is 2390. The number of aromatic nitrogens is 1. The Kier molecular flexibility index (Phi) is 13.2. The average molecular weight is 907 g/mol. The van der Waals surface area contributed by atoms with Crippen LogP contribution in [0.2, 0.25) is 0 Å². The Labute approximate surface area is 331 Å². The van der Waals surface area contributed by atoms with E-state index in [0.717, 1.165) is 6.54 Å². The molecule has 0 saturated heterocycles. The number of nitrogens with zero attached hydrogens (tertiary/aromatic N) is 1. The van der Waals surface area contributed by atoms with Crippen molar-refractivity contribution in [3.63, 3.8) is 0 Å². The number of carbonyl (C=O) groups excluding carboxylic acids is 1. The van der Waals surface area contributed by atoms with Gasteiger partial charge in [-0.3, -0.25) is 4.79 Å². The van der Waals surface area contributed by atoms with E-state index in [1.165, 1.54) is 5.56 Å². The molecule has 1 heterocycles. The molecule has 0 spiro atoms. The molecule has 3 nitrogen and oxygen atoms in total. The molecular weight excluding hydrogens is 893 g/mol.